The zero-order valence-corrected chi connectivity index (χ0v) is 11.4. The molecule has 2 aromatic rings. The van der Waals surface area contributed by atoms with Gasteiger partial charge in [-0.3, -0.25) is 0 Å². The van der Waals surface area contributed by atoms with E-state index in [1.54, 1.807) is 0 Å². The molecule has 0 aromatic heterocycles. The van der Waals surface area contributed by atoms with Crippen LogP contribution in [0.25, 0.3) is 0 Å². The summed E-state index contributed by atoms with van der Waals surface area (Å²) in [4.78, 5) is 0. The summed E-state index contributed by atoms with van der Waals surface area (Å²) in [5.41, 5.74) is 0. The Morgan fingerprint density at radius 1 is 0.643 bits per heavy atom. The van der Waals surface area contributed by atoms with Gasteiger partial charge in [0, 0.05) is 0 Å². The van der Waals surface area contributed by atoms with Gasteiger partial charge in [0.25, 0.3) is 0 Å². The van der Waals surface area contributed by atoms with Gasteiger partial charge in [0.15, 0.2) is 0 Å². The first-order valence-corrected chi connectivity index (χ1v) is 11.5. The van der Waals surface area contributed by atoms with E-state index in [4.69, 9.17) is 0 Å². The van der Waals surface area contributed by atoms with Gasteiger partial charge in [-0.15, -0.1) is 0 Å². The maximum absolute atomic E-state index is 2.87. The van der Waals surface area contributed by atoms with Gasteiger partial charge in [-0.2, -0.15) is 0 Å². The fraction of sp³-hybridized carbons (Fsp3) is 0. The molecule has 68 valence electrons. The number of hydrogen-bond donors (Lipinski definition) is 0. The molecule has 0 aliphatic rings. The van der Waals surface area contributed by atoms with Crippen molar-refractivity contribution in [3.05, 3.63) is 60.7 Å². The SMILES string of the molecule is [As][As](c1ccccc1)c1ccccc1. The molecule has 0 saturated heterocycles. The summed E-state index contributed by atoms with van der Waals surface area (Å²) in [6.45, 7) is 0. The molecule has 0 fully saturated rings. The molecule has 0 saturated carbocycles. The molecule has 0 aliphatic carbocycles. The molecule has 0 unspecified atom stereocenters. The van der Waals surface area contributed by atoms with Gasteiger partial charge in [-0.25, -0.2) is 0 Å². The predicted molar refractivity (Wildman–Crippen MR) is 63.7 cm³/mol. The Labute approximate surface area is 96.4 Å². The van der Waals surface area contributed by atoms with Gasteiger partial charge >= 0.3 is 96.7 Å². The van der Waals surface area contributed by atoms with Crippen molar-refractivity contribution < 1.29 is 0 Å². The quantitative estimate of drug-likeness (QED) is 0.725. The van der Waals surface area contributed by atoms with Crippen LogP contribution in [0, 0.1) is 0 Å². The van der Waals surface area contributed by atoms with Crippen LogP contribution in [0.5, 0.6) is 0 Å². The van der Waals surface area contributed by atoms with E-state index in [0.717, 1.165) is 0 Å². The molecule has 0 N–H and O–H groups in total. The van der Waals surface area contributed by atoms with Crippen molar-refractivity contribution in [2.24, 2.45) is 0 Å². The van der Waals surface area contributed by atoms with Crippen molar-refractivity contribution in [2.45, 2.75) is 0 Å². The average Bonchev–Trinajstić information content (AvgIpc) is 2.30. The van der Waals surface area contributed by atoms with Crippen LogP contribution >= 0.6 is 0 Å². The predicted octanol–water partition coefficient (Wildman–Crippen LogP) is 0.961. The van der Waals surface area contributed by atoms with E-state index in [9.17, 15) is 0 Å². The Morgan fingerprint density at radius 2 is 1.00 bits per heavy atom. The molecule has 0 atom stereocenters. The van der Waals surface area contributed by atoms with Crippen LogP contribution < -0.4 is 8.70 Å². The number of hydrogen-bond acceptors (Lipinski definition) is 0. The van der Waals surface area contributed by atoms with Crippen molar-refractivity contribution in [1.29, 1.82) is 0 Å². The summed E-state index contributed by atoms with van der Waals surface area (Å²) in [7, 11) is 0. The third-order valence-corrected chi connectivity index (χ3v) is 10.3. The minimum atomic E-state index is -1.05. The van der Waals surface area contributed by atoms with Gasteiger partial charge in [0.1, 0.15) is 0 Å². The molecule has 2 heteroatoms. The van der Waals surface area contributed by atoms with E-state index < -0.39 is 12.6 Å². The second kappa shape index (κ2) is 4.87. The van der Waals surface area contributed by atoms with Gasteiger partial charge in [-0.1, -0.05) is 0 Å². The van der Waals surface area contributed by atoms with E-state index in [1.807, 2.05) is 0 Å². The first-order chi connectivity index (χ1) is 6.88. The van der Waals surface area contributed by atoms with Crippen LogP contribution in [0.4, 0.5) is 0 Å². The van der Waals surface area contributed by atoms with E-state index in [-0.39, 0.29) is 0 Å². The maximum atomic E-state index is 2.87. The molecule has 0 aliphatic heterocycles. The molecule has 0 amide bonds. The zero-order valence-electron chi connectivity index (χ0n) is 7.67. The number of benzene rings is 2. The molecular weight excluding hydrogens is 294 g/mol. The van der Waals surface area contributed by atoms with Crippen molar-refractivity contribution in [3.63, 3.8) is 0 Å². The summed E-state index contributed by atoms with van der Waals surface area (Å²) in [5, 5.41) is 0. The van der Waals surface area contributed by atoms with Crippen molar-refractivity contribution >= 4 is 36.1 Å². The Morgan fingerprint density at radius 3 is 1.36 bits per heavy atom. The molecule has 2 radical (unpaired) electrons. The van der Waals surface area contributed by atoms with Crippen molar-refractivity contribution in [2.75, 3.05) is 0 Å². The Hall–Kier alpha value is -0.443. The van der Waals surface area contributed by atoms with E-state index in [1.165, 1.54) is 8.70 Å². The molecule has 0 spiro atoms. The standard InChI is InChI=1S/C12H10As2/c13-14(11-7-3-1-4-8-11)12-9-5-2-6-10-12/h1-10H. The first-order valence-electron chi connectivity index (χ1n) is 4.47. The van der Waals surface area contributed by atoms with Crippen LogP contribution in [-0.2, 0) is 0 Å². The summed E-state index contributed by atoms with van der Waals surface area (Å²) in [5.74, 6) is 0. The summed E-state index contributed by atoms with van der Waals surface area (Å²) in [6.07, 6.45) is 0. The topological polar surface area (TPSA) is 0 Å². The van der Waals surface area contributed by atoms with E-state index in [2.05, 4.69) is 75.5 Å². The van der Waals surface area contributed by atoms with Crippen LogP contribution in [0.15, 0.2) is 60.7 Å². The fourth-order valence-corrected chi connectivity index (χ4v) is 6.73. The molecular formula is C12H10As2. The first kappa shape index (κ1) is 10.1. The Bertz CT molecular complexity index is 344. The second-order valence-electron chi connectivity index (χ2n) is 2.98. The molecule has 14 heavy (non-hydrogen) atoms. The fourth-order valence-electron chi connectivity index (χ4n) is 1.29. The summed E-state index contributed by atoms with van der Waals surface area (Å²) in [6, 6.07) is 21.5. The van der Waals surface area contributed by atoms with E-state index >= 15 is 0 Å². The third kappa shape index (κ3) is 2.32. The van der Waals surface area contributed by atoms with Gasteiger partial charge in [0.05, 0.1) is 0 Å². The second-order valence-corrected chi connectivity index (χ2v) is 10.8. The average molecular weight is 304 g/mol. The normalized spacial score (nSPS) is 10.4. The zero-order chi connectivity index (χ0) is 9.80. The molecule has 2 aromatic carbocycles. The van der Waals surface area contributed by atoms with Crippen LogP contribution in [-0.4, -0.2) is 27.4 Å². The Balaban J connectivity index is 2.30. The minimum absolute atomic E-state index is 1.05. The van der Waals surface area contributed by atoms with Crippen LogP contribution in [0.3, 0.4) is 0 Å². The Kier molecular flexibility index (Phi) is 3.51. The van der Waals surface area contributed by atoms with Gasteiger partial charge in [-0.05, 0) is 0 Å². The monoisotopic (exact) mass is 304 g/mol. The van der Waals surface area contributed by atoms with Gasteiger partial charge in [0.2, 0.25) is 0 Å². The van der Waals surface area contributed by atoms with Crippen molar-refractivity contribution in [3.8, 4) is 0 Å². The number of rotatable bonds is 2. The summed E-state index contributed by atoms with van der Waals surface area (Å²) >= 11 is 1.82. The third-order valence-electron chi connectivity index (χ3n) is 2.00. The molecule has 0 bridgehead atoms. The van der Waals surface area contributed by atoms with Crippen molar-refractivity contribution in [1.82, 2.24) is 0 Å². The molecule has 0 heterocycles. The molecule has 2 rings (SSSR count). The van der Waals surface area contributed by atoms with Gasteiger partial charge < -0.3 is 0 Å². The van der Waals surface area contributed by atoms with Crippen LogP contribution in [0.2, 0.25) is 0 Å². The van der Waals surface area contributed by atoms with E-state index in [0.29, 0.717) is 0 Å². The molecule has 0 nitrogen and oxygen atoms in total. The van der Waals surface area contributed by atoms with Crippen LogP contribution in [0.1, 0.15) is 0 Å². The summed E-state index contributed by atoms with van der Waals surface area (Å²) < 4.78 is 2.98.